The third kappa shape index (κ3) is 3.78. The average molecular weight is 539 g/mol. The van der Waals surface area contributed by atoms with E-state index in [2.05, 4.69) is 0 Å². The Bertz CT molecular complexity index is 617. The Balaban J connectivity index is 3.21. The van der Waals surface area contributed by atoms with E-state index < -0.39 is 23.5 Å². The first kappa shape index (κ1) is 19.3. The van der Waals surface area contributed by atoms with Gasteiger partial charge in [0, 0.05) is 3.57 Å². The van der Waals surface area contributed by atoms with E-state index in [1.807, 2.05) is 45.2 Å². The zero-order chi connectivity index (χ0) is 17.3. The molecule has 0 N–H and O–H groups in total. The van der Waals surface area contributed by atoms with Crippen molar-refractivity contribution < 1.29 is 33.0 Å². The average Bonchev–Trinajstić information content (AvgIpc) is 2.36. The molecule has 1 aromatic carbocycles. The molecular weight excluding hydrogens is 528 g/mol. The standard InChI is InChI=1S/C13H12F2I2O5/c1-12(2,13(14,15)11(19)20)22-10(18)7-4-6(16)5-8(17)9(7)21-3/h4-5H,1-3H3,(H,19,20)/p-1. The van der Waals surface area contributed by atoms with Crippen LogP contribution in [0.25, 0.3) is 0 Å². The fraction of sp³-hybridized carbons (Fsp3) is 0.385. The fourth-order valence-corrected chi connectivity index (χ4v) is 3.58. The summed E-state index contributed by atoms with van der Waals surface area (Å²) < 4.78 is 38.2. The number of carbonyl (C=O) groups is 2. The van der Waals surface area contributed by atoms with Crippen LogP contribution in [-0.4, -0.2) is 30.6 Å². The van der Waals surface area contributed by atoms with Gasteiger partial charge in [-0.05, 0) is 71.2 Å². The van der Waals surface area contributed by atoms with Crippen LogP contribution in [0.3, 0.4) is 0 Å². The number of hydrogen-bond donors (Lipinski definition) is 0. The smallest absolute Gasteiger partial charge is 0.342 e. The summed E-state index contributed by atoms with van der Waals surface area (Å²) in [5, 5.41) is 10.5. The summed E-state index contributed by atoms with van der Waals surface area (Å²) in [5.74, 6) is -7.90. The number of rotatable bonds is 5. The topological polar surface area (TPSA) is 75.7 Å². The number of hydrogen-bond acceptors (Lipinski definition) is 5. The highest BCUT2D eigenvalue weighted by Gasteiger charge is 2.51. The second-order valence-corrected chi connectivity index (χ2v) is 7.14. The highest BCUT2D eigenvalue weighted by Crippen LogP contribution is 2.34. The maximum absolute atomic E-state index is 13.6. The number of esters is 1. The number of methoxy groups -OCH3 is 1. The molecule has 0 atom stereocenters. The van der Waals surface area contributed by atoms with Gasteiger partial charge in [0.05, 0.1) is 10.7 Å². The van der Waals surface area contributed by atoms with Crippen LogP contribution in [0.5, 0.6) is 5.75 Å². The Hall–Kier alpha value is -0.720. The molecule has 1 rings (SSSR count). The van der Waals surface area contributed by atoms with Crippen LogP contribution in [0.15, 0.2) is 12.1 Å². The molecule has 0 amide bonds. The highest BCUT2D eigenvalue weighted by atomic mass is 127. The van der Waals surface area contributed by atoms with Crippen LogP contribution in [0, 0.1) is 7.14 Å². The maximum atomic E-state index is 13.6. The molecule has 0 bridgehead atoms. The lowest BCUT2D eigenvalue weighted by atomic mass is 10.0. The highest BCUT2D eigenvalue weighted by molar-refractivity contribution is 14.1. The van der Waals surface area contributed by atoms with E-state index in [1.165, 1.54) is 13.2 Å². The maximum Gasteiger partial charge on any atom is 0.342 e. The van der Waals surface area contributed by atoms with Crippen molar-refractivity contribution >= 4 is 57.1 Å². The van der Waals surface area contributed by atoms with E-state index in [9.17, 15) is 23.5 Å². The first-order chi connectivity index (χ1) is 9.94. The minimum Gasteiger partial charge on any atom is -0.544 e. The first-order valence-electron chi connectivity index (χ1n) is 5.79. The summed E-state index contributed by atoms with van der Waals surface area (Å²) in [6.45, 7) is 1.60. The first-order valence-corrected chi connectivity index (χ1v) is 7.95. The molecule has 0 aliphatic heterocycles. The second kappa shape index (κ2) is 6.81. The Labute approximate surface area is 152 Å². The summed E-state index contributed by atoms with van der Waals surface area (Å²) in [4.78, 5) is 22.7. The molecule has 5 nitrogen and oxygen atoms in total. The monoisotopic (exact) mass is 539 g/mol. The summed E-state index contributed by atoms with van der Waals surface area (Å²) in [7, 11) is 1.32. The molecule has 22 heavy (non-hydrogen) atoms. The summed E-state index contributed by atoms with van der Waals surface area (Å²) in [5.41, 5.74) is -2.65. The lowest BCUT2D eigenvalue weighted by molar-refractivity contribution is -0.341. The van der Waals surface area contributed by atoms with Gasteiger partial charge in [-0.2, -0.15) is 8.78 Å². The molecule has 0 unspecified atom stereocenters. The van der Waals surface area contributed by atoms with Gasteiger partial charge in [0.25, 0.3) is 0 Å². The molecule has 0 spiro atoms. The Morgan fingerprint density at radius 2 is 1.77 bits per heavy atom. The zero-order valence-electron chi connectivity index (χ0n) is 11.7. The van der Waals surface area contributed by atoms with Crippen LogP contribution in [0.2, 0.25) is 0 Å². The summed E-state index contributed by atoms with van der Waals surface area (Å²) in [6, 6.07) is 3.12. The molecule has 0 saturated carbocycles. The molecule has 0 radical (unpaired) electrons. The van der Waals surface area contributed by atoms with Gasteiger partial charge in [-0.3, -0.25) is 0 Å². The van der Waals surface area contributed by atoms with Crippen molar-refractivity contribution in [1.29, 1.82) is 0 Å². The van der Waals surface area contributed by atoms with Gasteiger partial charge in [-0.25, -0.2) is 4.79 Å². The van der Waals surface area contributed by atoms with Gasteiger partial charge in [-0.15, -0.1) is 0 Å². The van der Waals surface area contributed by atoms with Crippen molar-refractivity contribution in [3.8, 4) is 5.75 Å². The lowest BCUT2D eigenvalue weighted by Gasteiger charge is -2.34. The third-order valence-electron chi connectivity index (χ3n) is 2.79. The number of carboxylic acids is 1. The number of carboxylic acid groups (broad SMARTS) is 1. The Morgan fingerprint density at radius 3 is 2.23 bits per heavy atom. The molecule has 0 saturated heterocycles. The number of alkyl halides is 2. The van der Waals surface area contributed by atoms with Crippen molar-refractivity contribution in [3.05, 3.63) is 24.8 Å². The normalized spacial score (nSPS) is 12.0. The molecule has 1 aromatic rings. The predicted molar refractivity (Wildman–Crippen MR) is 87.9 cm³/mol. The fourth-order valence-electron chi connectivity index (χ4n) is 1.52. The quantitative estimate of drug-likeness (QED) is 0.424. The molecule has 0 fully saturated rings. The number of halogens is 4. The van der Waals surface area contributed by atoms with E-state index in [0.717, 1.165) is 13.8 Å². The van der Waals surface area contributed by atoms with Gasteiger partial charge in [0.15, 0.2) is 5.60 Å². The second-order valence-electron chi connectivity index (χ2n) is 4.73. The van der Waals surface area contributed by atoms with Crippen molar-refractivity contribution in [2.45, 2.75) is 25.4 Å². The number of carbonyl (C=O) groups excluding carboxylic acids is 2. The third-order valence-corrected chi connectivity index (χ3v) is 4.22. The van der Waals surface area contributed by atoms with Gasteiger partial charge < -0.3 is 19.4 Å². The van der Waals surface area contributed by atoms with Gasteiger partial charge in [0.1, 0.15) is 17.3 Å². The van der Waals surface area contributed by atoms with Crippen molar-refractivity contribution in [2.24, 2.45) is 0 Å². The Morgan fingerprint density at radius 1 is 1.23 bits per heavy atom. The minimum atomic E-state index is -4.34. The SMILES string of the molecule is COc1c(I)cc(I)cc1C(=O)OC(C)(C)C(F)(F)C(=O)[O-]. The van der Waals surface area contributed by atoms with Gasteiger partial charge in [-0.1, -0.05) is 0 Å². The predicted octanol–water partition coefficient (Wildman–Crippen LogP) is 2.22. The number of benzene rings is 1. The van der Waals surface area contributed by atoms with Crippen LogP contribution in [0.1, 0.15) is 24.2 Å². The van der Waals surface area contributed by atoms with Crippen LogP contribution in [0.4, 0.5) is 8.78 Å². The summed E-state index contributed by atoms with van der Waals surface area (Å²) >= 11 is 3.86. The molecule has 0 aliphatic carbocycles. The molecule has 0 aromatic heterocycles. The van der Waals surface area contributed by atoms with Crippen LogP contribution >= 0.6 is 45.2 Å². The van der Waals surface area contributed by atoms with Crippen LogP contribution in [-0.2, 0) is 9.53 Å². The Kier molecular flexibility index (Phi) is 5.98. The van der Waals surface area contributed by atoms with Gasteiger partial charge in [0.2, 0.25) is 0 Å². The van der Waals surface area contributed by atoms with E-state index in [1.54, 1.807) is 6.07 Å². The summed E-state index contributed by atoms with van der Waals surface area (Å²) in [6.07, 6.45) is 0. The number of ether oxygens (including phenoxy) is 2. The van der Waals surface area contributed by atoms with Crippen LogP contribution < -0.4 is 9.84 Å². The molecule has 0 aliphatic rings. The van der Waals surface area contributed by atoms with Crippen molar-refractivity contribution in [3.63, 3.8) is 0 Å². The largest absolute Gasteiger partial charge is 0.544 e. The number of aliphatic carboxylic acids is 1. The van der Waals surface area contributed by atoms with E-state index >= 15 is 0 Å². The molecule has 9 heteroatoms. The van der Waals surface area contributed by atoms with E-state index in [-0.39, 0.29) is 11.3 Å². The molecule has 0 heterocycles. The van der Waals surface area contributed by atoms with E-state index in [0.29, 0.717) is 7.14 Å². The lowest BCUT2D eigenvalue weighted by Crippen LogP contribution is -2.57. The van der Waals surface area contributed by atoms with Crippen molar-refractivity contribution in [2.75, 3.05) is 7.11 Å². The molecule has 122 valence electrons. The van der Waals surface area contributed by atoms with Crippen molar-refractivity contribution in [1.82, 2.24) is 0 Å². The van der Waals surface area contributed by atoms with E-state index in [4.69, 9.17) is 9.47 Å². The minimum absolute atomic E-state index is 0.0685. The van der Waals surface area contributed by atoms with Gasteiger partial charge >= 0.3 is 11.9 Å². The zero-order valence-corrected chi connectivity index (χ0v) is 16.0. The molecular formula is C13H11F2I2O5-.